The SMILES string of the molecule is CCOC(=O)C(C)O[P+](=O)Oc1ccccc1CCNC(=O)c1ccc(NCCc2cnc3nc(N)nc(N)c3n2)cc1. The lowest BCUT2D eigenvalue weighted by atomic mass is 10.1. The maximum absolute atomic E-state index is 12.7. The molecule has 2 atom stereocenters. The summed E-state index contributed by atoms with van der Waals surface area (Å²) in [7, 11) is -2.62. The Morgan fingerprint density at radius 1 is 1.00 bits per heavy atom. The Morgan fingerprint density at radius 2 is 1.77 bits per heavy atom. The summed E-state index contributed by atoms with van der Waals surface area (Å²) in [6, 6.07) is 14.0. The molecule has 43 heavy (non-hydrogen) atoms. The lowest BCUT2D eigenvalue weighted by Crippen LogP contribution is -2.25. The molecule has 0 fully saturated rings. The number of para-hydroxylation sites is 1. The first-order valence-corrected chi connectivity index (χ1v) is 14.6. The number of ether oxygens (including phenoxy) is 1. The molecule has 0 saturated heterocycles. The van der Waals surface area contributed by atoms with Crippen LogP contribution in [0.4, 0.5) is 17.5 Å². The minimum atomic E-state index is -2.62. The van der Waals surface area contributed by atoms with Gasteiger partial charge in [0, 0.05) is 40.9 Å². The predicted octanol–water partition coefficient (Wildman–Crippen LogP) is 3.22. The highest BCUT2D eigenvalue weighted by molar-refractivity contribution is 7.33. The molecule has 0 aliphatic rings. The molecule has 14 nitrogen and oxygen atoms in total. The van der Waals surface area contributed by atoms with E-state index in [1.807, 2.05) is 12.1 Å². The number of fused-ring (bicyclic) bond motifs is 1. The van der Waals surface area contributed by atoms with E-state index in [2.05, 4.69) is 30.6 Å². The highest BCUT2D eigenvalue weighted by Crippen LogP contribution is 2.32. The van der Waals surface area contributed by atoms with Crippen LogP contribution in [0.1, 0.15) is 35.5 Å². The molecule has 0 bridgehead atoms. The quantitative estimate of drug-likeness (QED) is 0.120. The number of carbonyl (C=O) groups is 2. The first-order chi connectivity index (χ1) is 20.7. The van der Waals surface area contributed by atoms with Gasteiger partial charge in [0.05, 0.1) is 18.5 Å². The molecule has 0 radical (unpaired) electrons. The number of amides is 1. The Kier molecular flexibility index (Phi) is 10.7. The maximum atomic E-state index is 12.7. The van der Waals surface area contributed by atoms with Crippen LogP contribution in [0, 0.1) is 0 Å². The smallest absolute Gasteiger partial charge is 0.464 e. The van der Waals surface area contributed by atoms with Crippen molar-refractivity contribution in [2.75, 3.05) is 36.5 Å². The highest BCUT2D eigenvalue weighted by atomic mass is 31.1. The molecule has 0 aliphatic carbocycles. The van der Waals surface area contributed by atoms with Crippen LogP contribution in [-0.2, 0) is 31.5 Å². The number of hydrogen-bond acceptors (Lipinski definition) is 13. The number of nitrogens with one attached hydrogen (secondary N) is 2. The molecule has 6 N–H and O–H groups in total. The summed E-state index contributed by atoms with van der Waals surface area (Å²) >= 11 is 0. The Bertz CT molecular complexity index is 1600. The zero-order valence-corrected chi connectivity index (χ0v) is 24.5. The van der Waals surface area contributed by atoms with Gasteiger partial charge in [-0.3, -0.25) is 4.79 Å². The van der Waals surface area contributed by atoms with Crippen LogP contribution in [0.15, 0.2) is 54.7 Å². The standard InChI is InChI=1S/C28H31N8O6P/c1-3-40-27(38)17(2)41-43(39)42-22-7-5-4-6-18(22)12-14-32-26(37)19-8-10-20(11-9-19)31-15-13-21-16-33-25-23(34-21)24(29)35-28(30)36-25/h4-11,16-17H,3,12-15H2,1-2H3,(H5-,29,30,31,32,33,35,36,37)/p+1. The van der Waals surface area contributed by atoms with Crippen LogP contribution >= 0.6 is 8.25 Å². The summed E-state index contributed by atoms with van der Waals surface area (Å²) in [5, 5.41) is 6.16. The number of nitrogens with two attached hydrogens (primary N) is 2. The first kappa shape index (κ1) is 31.0. The van der Waals surface area contributed by atoms with Gasteiger partial charge in [-0.2, -0.15) is 9.97 Å². The summed E-state index contributed by atoms with van der Waals surface area (Å²) < 4.78 is 27.7. The summed E-state index contributed by atoms with van der Waals surface area (Å²) in [6.45, 7) is 4.17. The van der Waals surface area contributed by atoms with Gasteiger partial charge < -0.3 is 26.8 Å². The van der Waals surface area contributed by atoms with E-state index in [0.29, 0.717) is 59.7 Å². The third-order valence-corrected chi connectivity index (χ3v) is 6.88. The first-order valence-electron chi connectivity index (χ1n) is 13.5. The van der Waals surface area contributed by atoms with Crippen LogP contribution in [0.25, 0.3) is 11.2 Å². The van der Waals surface area contributed by atoms with E-state index < -0.39 is 20.3 Å². The monoisotopic (exact) mass is 607 g/mol. The van der Waals surface area contributed by atoms with Gasteiger partial charge in [-0.05, 0) is 50.6 Å². The lowest BCUT2D eigenvalue weighted by molar-refractivity contribution is -0.150. The normalized spacial score (nSPS) is 11.9. The molecule has 2 unspecified atom stereocenters. The van der Waals surface area contributed by atoms with E-state index in [1.165, 1.54) is 6.92 Å². The fraction of sp³-hybridized carbons (Fsp3) is 0.286. The van der Waals surface area contributed by atoms with Gasteiger partial charge in [0.1, 0.15) is 0 Å². The van der Waals surface area contributed by atoms with Crippen molar-refractivity contribution in [2.24, 2.45) is 0 Å². The number of anilines is 3. The van der Waals surface area contributed by atoms with Gasteiger partial charge in [-0.1, -0.05) is 22.7 Å². The maximum Gasteiger partial charge on any atom is 0.751 e. The highest BCUT2D eigenvalue weighted by Gasteiger charge is 2.32. The summed E-state index contributed by atoms with van der Waals surface area (Å²) in [5.41, 5.74) is 15.0. The second kappa shape index (κ2) is 14.8. The molecule has 4 rings (SSSR count). The van der Waals surface area contributed by atoms with Crippen LogP contribution in [0.5, 0.6) is 5.75 Å². The van der Waals surface area contributed by atoms with Crippen molar-refractivity contribution in [3.63, 3.8) is 0 Å². The van der Waals surface area contributed by atoms with Gasteiger partial charge in [0.2, 0.25) is 12.1 Å². The third kappa shape index (κ3) is 8.77. The molecule has 2 aromatic carbocycles. The van der Waals surface area contributed by atoms with Crippen molar-refractivity contribution in [3.8, 4) is 5.75 Å². The van der Waals surface area contributed by atoms with E-state index in [-0.39, 0.29) is 24.3 Å². The largest absolute Gasteiger partial charge is 0.751 e. The van der Waals surface area contributed by atoms with Gasteiger partial charge >= 0.3 is 14.2 Å². The molecular formula is C28H32N8O6P+. The summed E-state index contributed by atoms with van der Waals surface area (Å²) in [5.74, 6) is -0.306. The van der Waals surface area contributed by atoms with Crippen LogP contribution in [0.2, 0.25) is 0 Å². The fourth-order valence-corrected chi connectivity index (χ4v) is 4.65. The van der Waals surface area contributed by atoms with Crippen molar-refractivity contribution in [2.45, 2.75) is 32.8 Å². The number of nitrogen functional groups attached to an aromatic ring is 2. The second-order valence-corrected chi connectivity index (χ2v) is 10.0. The van der Waals surface area contributed by atoms with Gasteiger partial charge in [0.25, 0.3) is 5.91 Å². The average Bonchev–Trinajstić information content (AvgIpc) is 2.98. The fourth-order valence-electron chi connectivity index (χ4n) is 3.92. The molecular weight excluding hydrogens is 575 g/mol. The van der Waals surface area contributed by atoms with E-state index in [9.17, 15) is 14.2 Å². The molecule has 15 heteroatoms. The zero-order chi connectivity index (χ0) is 30.8. The molecule has 1 amide bonds. The van der Waals surface area contributed by atoms with Crippen molar-refractivity contribution in [1.82, 2.24) is 25.3 Å². The van der Waals surface area contributed by atoms with Gasteiger partial charge in [0.15, 0.2) is 22.7 Å². The minimum Gasteiger partial charge on any atom is -0.464 e. The van der Waals surface area contributed by atoms with Crippen LogP contribution in [-0.4, -0.2) is 57.6 Å². The predicted molar refractivity (Wildman–Crippen MR) is 160 cm³/mol. The van der Waals surface area contributed by atoms with Gasteiger partial charge in [-0.15, -0.1) is 0 Å². The third-order valence-electron chi connectivity index (χ3n) is 6.05. The number of benzene rings is 2. The van der Waals surface area contributed by atoms with Crippen molar-refractivity contribution < 1.29 is 27.9 Å². The Hall–Kier alpha value is -4.94. The number of esters is 1. The zero-order valence-electron chi connectivity index (χ0n) is 23.6. The molecule has 0 aliphatic heterocycles. The number of rotatable bonds is 14. The number of aromatic nitrogens is 4. The van der Waals surface area contributed by atoms with Crippen molar-refractivity contribution in [3.05, 3.63) is 71.5 Å². The summed E-state index contributed by atoms with van der Waals surface area (Å²) in [4.78, 5) is 41.1. The van der Waals surface area contributed by atoms with Crippen molar-refractivity contribution >= 4 is 48.7 Å². The van der Waals surface area contributed by atoms with Crippen LogP contribution in [0.3, 0.4) is 0 Å². The number of carbonyl (C=O) groups excluding carboxylic acids is 2. The summed E-state index contributed by atoms with van der Waals surface area (Å²) in [6.07, 6.45) is 1.58. The molecule has 4 aromatic rings. The molecule has 224 valence electrons. The van der Waals surface area contributed by atoms with E-state index >= 15 is 0 Å². The number of nitrogens with zero attached hydrogens (tertiary/aromatic N) is 4. The van der Waals surface area contributed by atoms with Gasteiger partial charge in [-0.25, -0.2) is 19.3 Å². The Labute approximate surface area is 248 Å². The number of hydrogen-bond donors (Lipinski definition) is 4. The van der Waals surface area contributed by atoms with Crippen LogP contribution < -0.4 is 26.6 Å². The molecule has 2 aromatic heterocycles. The van der Waals surface area contributed by atoms with E-state index in [0.717, 1.165) is 5.69 Å². The Morgan fingerprint density at radius 3 is 2.53 bits per heavy atom. The Balaban J connectivity index is 1.23. The van der Waals surface area contributed by atoms with E-state index in [4.69, 9.17) is 25.3 Å². The minimum absolute atomic E-state index is 0.0472. The molecule has 0 spiro atoms. The molecule has 2 heterocycles. The van der Waals surface area contributed by atoms with E-state index in [1.54, 1.807) is 49.5 Å². The second-order valence-electron chi connectivity index (χ2n) is 9.18. The lowest BCUT2D eigenvalue weighted by Gasteiger charge is -2.09. The average molecular weight is 608 g/mol. The topological polar surface area (TPSA) is 207 Å². The molecule has 0 saturated carbocycles. The van der Waals surface area contributed by atoms with Crippen molar-refractivity contribution in [1.29, 1.82) is 0 Å².